The molecule has 0 atom stereocenters. The number of piperidine rings is 1. The molecule has 69 valence electrons. The van der Waals surface area contributed by atoms with Crippen LogP contribution >= 0.6 is 0 Å². The summed E-state index contributed by atoms with van der Waals surface area (Å²) in [7, 11) is -0.142. The van der Waals surface area contributed by atoms with E-state index in [2.05, 4.69) is 29.8 Å². The van der Waals surface area contributed by atoms with Gasteiger partial charge in [0, 0.05) is 6.54 Å². The summed E-state index contributed by atoms with van der Waals surface area (Å²) in [5.41, 5.74) is 2.40. The summed E-state index contributed by atoms with van der Waals surface area (Å²) < 4.78 is 0. The van der Waals surface area contributed by atoms with E-state index in [-0.39, 0.29) is 8.80 Å². The zero-order valence-electron chi connectivity index (χ0n) is 8.34. The largest absolute Gasteiger partial charge is 0.300 e. The Morgan fingerprint density at radius 1 is 1.17 bits per heavy atom. The molecule has 0 unspecified atom stereocenters. The van der Waals surface area contributed by atoms with E-state index in [1.54, 1.807) is 0 Å². The highest BCUT2D eigenvalue weighted by Gasteiger charge is 2.07. The van der Waals surface area contributed by atoms with Crippen molar-refractivity contribution < 1.29 is 0 Å². The van der Waals surface area contributed by atoms with Gasteiger partial charge in [0.2, 0.25) is 0 Å². The number of nitrogens with zero attached hydrogens (tertiary/aromatic N) is 1. The lowest BCUT2D eigenvalue weighted by molar-refractivity contribution is 0.251. The first-order valence-electron chi connectivity index (χ1n) is 4.98. The Hall–Kier alpha value is -0.0831. The van der Waals surface area contributed by atoms with Crippen LogP contribution in [0.5, 0.6) is 0 Å². The average molecular weight is 182 g/mol. The van der Waals surface area contributed by atoms with Crippen LogP contribution in [0.25, 0.3) is 0 Å². The molecule has 0 spiro atoms. The van der Waals surface area contributed by atoms with Gasteiger partial charge in [-0.05, 0) is 25.9 Å². The summed E-state index contributed by atoms with van der Waals surface area (Å²) in [4.78, 5) is 2.56. The average Bonchev–Trinajstić information content (AvgIpc) is 2.05. The quantitative estimate of drug-likeness (QED) is 0.606. The third-order valence-corrected chi connectivity index (χ3v) is 3.17. The van der Waals surface area contributed by atoms with Gasteiger partial charge in [0.05, 0.1) is 8.80 Å². The molecule has 1 saturated heterocycles. The van der Waals surface area contributed by atoms with Crippen LogP contribution < -0.4 is 0 Å². The van der Waals surface area contributed by atoms with Crippen molar-refractivity contribution in [1.82, 2.24) is 4.90 Å². The van der Waals surface area contributed by atoms with Gasteiger partial charge in [-0.2, -0.15) is 0 Å². The van der Waals surface area contributed by atoms with Crippen LogP contribution in [0.1, 0.15) is 19.3 Å². The molecule has 0 bridgehead atoms. The number of likely N-dealkylation sites (tertiary alicyclic amines) is 1. The molecule has 1 fully saturated rings. The topological polar surface area (TPSA) is 3.24 Å². The molecule has 1 aliphatic heterocycles. The fraction of sp³-hybridized carbons (Fsp3) is 0.800. The Morgan fingerprint density at radius 2 is 1.83 bits per heavy atom. The van der Waals surface area contributed by atoms with E-state index in [1.165, 1.54) is 38.9 Å². The van der Waals surface area contributed by atoms with Crippen molar-refractivity contribution in [2.24, 2.45) is 0 Å². The first-order chi connectivity index (χ1) is 5.79. The number of hydrogen-bond donors (Lipinski definition) is 0. The van der Waals surface area contributed by atoms with Crippen molar-refractivity contribution >= 4 is 8.80 Å². The lowest BCUT2D eigenvalue weighted by atomic mass is 10.1. The molecule has 0 aliphatic carbocycles. The van der Waals surface area contributed by atoms with Crippen LogP contribution in [0.3, 0.4) is 0 Å². The highest BCUT2D eigenvalue weighted by molar-refractivity contribution is 6.61. The lowest BCUT2D eigenvalue weighted by Gasteiger charge is -2.24. The molecule has 1 rings (SSSR count). The lowest BCUT2D eigenvalue weighted by Crippen LogP contribution is -2.29. The molecule has 0 saturated carbocycles. The van der Waals surface area contributed by atoms with E-state index in [9.17, 15) is 0 Å². The highest BCUT2D eigenvalue weighted by atomic mass is 28.3. The van der Waals surface area contributed by atoms with E-state index < -0.39 is 0 Å². The minimum Gasteiger partial charge on any atom is -0.300 e. The molecule has 1 nitrogen and oxygen atoms in total. The van der Waals surface area contributed by atoms with Crippen LogP contribution in [0.15, 0.2) is 11.8 Å². The zero-order chi connectivity index (χ0) is 8.81. The normalized spacial score (nSPS) is 20.9. The van der Waals surface area contributed by atoms with Gasteiger partial charge in [-0.1, -0.05) is 31.3 Å². The smallest absolute Gasteiger partial charge is 0.0689 e. The molecular formula is C10H20NSi. The van der Waals surface area contributed by atoms with Crippen LogP contribution in [0, 0.1) is 0 Å². The first kappa shape index (κ1) is 10.0. The predicted molar refractivity (Wildman–Crippen MR) is 56.9 cm³/mol. The molecule has 0 N–H and O–H groups in total. The van der Waals surface area contributed by atoms with Gasteiger partial charge in [-0.25, -0.2) is 0 Å². The minimum absolute atomic E-state index is 0.142. The summed E-state index contributed by atoms with van der Waals surface area (Å²) >= 11 is 0. The van der Waals surface area contributed by atoms with Gasteiger partial charge >= 0.3 is 0 Å². The van der Waals surface area contributed by atoms with E-state index >= 15 is 0 Å². The predicted octanol–water partition coefficient (Wildman–Crippen LogP) is 2.32. The maximum Gasteiger partial charge on any atom is 0.0689 e. The van der Waals surface area contributed by atoms with Crippen molar-refractivity contribution in [1.29, 1.82) is 0 Å². The summed E-state index contributed by atoms with van der Waals surface area (Å²) in [6.45, 7) is 8.49. The summed E-state index contributed by atoms with van der Waals surface area (Å²) in [5, 5.41) is 0. The molecule has 0 aromatic rings. The maximum atomic E-state index is 2.56. The Labute approximate surface area is 78.1 Å². The van der Waals surface area contributed by atoms with Gasteiger partial charge in [0.1, 0.15) is 0 Å². The van der Waals surface area contributed by atoms with Crippen molar-refractivity contribution in [2.45, 2.75) is 32.4 Å². The van der Waals surface area contributed by atoms with E-state index in [0.717, 1.165) is 0 Å². The second-order valence-electron chi connectivity index (χ2n) is 3.84. The van der Waals surface area contributed by atoms with Gasteiger partial charge in [-0.15, -0.1) is 0 Å². The van der Waals surface area contributed by atoms with E-state index in [1.807, 2.05) is 0 Å². The Balaban J connectivity index is 2.12. The van der Waals surface area contributed by atoms with Crippen molar-refractivity contribution in [2.75, 3.05) is 19.6 Å². The highest BCUT2D eigenvalue weighted by Crippen LogP contribution is 2.07. The number of hydrogen-bond acceptors (Lipinski definition) is 1. The standard InChI is InChI=1S/C10H20NSi/c1-12(2)10-6-9-11-7-4-3-5-8-11/h6,10H,3-5,7-9H2,1-2H3. The fourth-order valence-electron chi connectivity index (χ4n) is 1.58. The summed E-state index contributed by atoms with van der Waals surface area (Å²) in [6, 6.07) is 0. The van der Waals surface area contributed by atoms with Crippen molar-refractivity contribution in [3.63, 3.8) is 0 Å². The minimum atomic E-state index is -0.142. The van der Waals surface area contributed by atoms with Crippen LogP contribution in [0.4, 0.5) is 0 Å². The molecule has 2 heteroatoms. The second-order valence-corrected chi connectivity index (χ2v) is 6.33. The molecule has 0 aromatic heterocycles. The number of rotatable bonds is 3. The van der Waals surface area contributed by atoms with E-state index in [0.29, 0.717) is 0 Å². The maximum absolute atomic E-state index is 2.56. The van der Waals surface area contributed by atoms with Crippen LogP contribution in [-0.2, 0) is 0 Å². The van der Waals surface area contributed by atoms with Crippen molar-refractivity contribution in [3.05, 3.63) is 11.8 Å². The Morgan fingerprint density at radius 3 is 2.42 bits per heavy atom. The Bertz CT molecular complexity index is 137. The molecule has 1 heterocycles. The van der Waals surface area contributed by atoms with E-state index in [4.69, 9.17) is 0 Å². The molecule has 12 heavy (non-hydrogen) atoms. The van der Waals surface area contributed by atoms with Crippen molar-refractivity contribution in [3.8, 4) is 0 Å². The summed E-state index contributed by atoms with van der Waals surface area (Å²) in [6.07, 6.45) is 6.62. The van der Waals surface area contributed by atoms with Gasteiger partial charge in [-0.3, -0.25) is 4.90 Å². The van der Waals surface area contributed by atoms with Gasteiger partial charge in [0.15, 0.2) is 0 Å². The fourth-order valence-corrected chi connectivity index (χ4v) is 2.16. The van der Waals surface area contributed by atoms with Gasteiger partial charge < -0.3 is 0 Å². The SMILES string of the molecule is C[Si](C)C=CCN1CCCCC1. The Kier molecular flexibility index (Phi) is 4.62. The molecule has 1 radical (unpaired) electrons. The van der Waals surface area contributed by atoms with Gasteiger partial charge in [0.25, 0.3) is 0 Å². The summed E-state index contributed by atoms with van der Waals surface area (Å²) in [5.74, 6) is 0. The van der Waals surface area contributed by atoms with Crippen LogP contribution in [-0.4, -0.2) is 33.3 Å². The molecule has 1 aliphatic rings. The zero-order valence-corrected chi connectivity index (χ0v) is 9.34. The van der Waals surface area contributed by atoms with Crippen LogP contribution in [0.2, 0.25) is 13.1 Å². The third-order valence-electron chi connectivity index (χ3n) is 2.26. The molecule has 0 aromatic carbocycles. The molecular weight excluding hydrogens is 162 g/mol. The monoisotopic (exact) mass is 182 g/mol. The third kappa shape index (κ3) is 4.07. The second kappa shape index (κ2) is 5.54. The molecule has 0 amide bonds. The first-order valence-corrected chi connectivity index (χ1v) is 7.56.